The van der Waals surface area contributed by atoms with Gasteiger partial charge < -0.3 is 10.4 Å². The van der Waals surface area contributed by atoms with E-state index in [1.54, 1.807) is 0 Å². The lowest BCUT2D eigenvalue weighted by Gasteiger charge is -2.21. The molecule has 0 saturated carbocycles. The molecule has 0 bridgehead atoms. The van der Waals surface area contributed by atoms with Crippen LogP contribution in [0.15, 0.2) is 30.3 Å². The van der Waals surface area contributed by atoms with Crippen LogP contribution in [0.1, 0.15) is 11.1 Å². The van der Waals surface area contributed by atoms with Gasteiger partial charge in [0.1, 0.15) is 23.3 Å². The van der Waals surface area contributed by atoms with Crippen LogP contribution < -0.4 is 5.32 Å². The molecule has 1 aliphatic heterocycles. The van der Waals surface area contributed by atoms with Crippen molar-refractivity contribution in [2.24, 2.45) is 0 Å². The summed E-state index contributed by atoms with van der Waals surface area (Å²) in [6.07, 6.45) is -6.38. The molecule has 0 saturated heterocycles. The van der Waals surface area contributed by atoms with E-state index in [0.29, 0.717) is 23.4 Å². The van der Waals surface area contributed by atoms with Crippen molar-refractivity contribution in [3.05, 3.63) is 53.1 Å². The van der Waals surface area contributed by atoms with Gasteiger partial charge >= 0.3 is 6.18 Å². The van der Waals surface area contributed by atoms with Crippen LogP contribution in [0.4, 0.5) is 27.6 Å². The lowest BCUT2D eigenvalue weighted by molar-refractivity contribution is -0.142. The maximum atomic E-state index is 13.7. The standard InChI is InChI=1S/C16H10F5NO2/c17-10-4-8(5-11(18)14(10)16(19,20)21)7-1-2-12-9(3-7)6-13(23)15(24)22-12/h1-5,13,23H,6H2,(H,22,24). The van der Waals surface area contributed by atoms with E-state index in [1.165, 1.54) is 18.2 Å². The highest BCUT2D eigenvalue weighted by Crippen LogP contribution is 2.36. The first-order valence-corrected chi connectivity index (χ1v) is 6.85. The molecule has 0 aliphatic carbocycles. The zero-order valence-electron chi connectivity index (χ0n) is 11.9. The second-order valence-corrected chi connectivity index (χ2v) is 5.39. The molecule has 0 fully saturated rings. The van der Waals surface area contributed by atoms with Crippen molar-refractivity contribution in [3.63, 3.8) is 0 Å². The number of nitrogens with one attached hydrogen (secondary N) is 1. The number of carbonyl (C=O) groups excluding carboxylic acids is 1. The molecule has 1 amide bonds. The van der Waals surface area contributed by atoms with E-state index in [9.17, 15) is 31.9 Å². The quantitative estimate of drug-likeness (QED) is 0.779. The number of hydrogen-bond donors (Lipinski definition) is 2. The van der Waals surface area contributed by atoms with Gasteiger partial charge in [-0.3, -0.25) is 4.79 Å². The molecule has 0 aromatic heterocycles. The van der Waals surface area contributed by atoms with Crippen molar-refractivity contribution in [2.75, 3.05) is 5.32 Å². The summed E-state index contributed by atoms with van der Waals surface area (Å²) in [5.74, 6) is -3.98. The molecule has 3 rings (SSSR count). The fourth-order valence-electron chi connectivity index (χ4n) is 2.59. The van der Waals surface area contributed by atoms with Gasteiger partial charge in [0.25, 0.3) is 5.91 Å². The summed E-state index contributed by atoms with van der Waals surface area (Å²) >= 11 is 0. The summed E-state index contributed by atoms with van der Waals surface area (Å²) < 4.78 is 65.2. The van der Waals surface area contributed by atoms with Crippen LogP contribution in [0, 0.1) is 11.6 Å². The SMILES string of the molecule is O=C1Nc2ccc(-c3cc(F)c(C(F)(F)F)c(F)c3)cc2CC1O. The van der Waals surface area contributed by atoms with Crippen LogP contribution in [0.3, 0.4) is 0 Å². The first-order valence-electron chi connectivity index (χ1n) is 6.85. The van der Waals surface area contributed by atoms with E-state index in [-0.39, 0.29) is 17.5 Å². The molecule has 2 N–H and O–H groups in total. The third-order valence-corrected chi connectivity index (χ3v) is 3.74. The summed E-state index contributed by atoms with van der Waals surface area (Å²) in [5, 5.41) is 12.0. The molecule has 8 heteroatoms. The van der Waals surface area contributed by atoms with Crippen molar-refractivity contribution in [1.29, 1.82) is 0 Å². The molecule has 24 heavy (non-hydrogen) atoms. The maximum Gasteiger partial charge on any atom is 0.422 e. The van der Waals surface area contributed by atoms with Crippen molar-refractivity contribution in [3.8, 4) is 11.1 Å². The van der Waals surface area contributed by atoms with Crippen LogP contribution in [0.2, 0.25) is 0 Å². The Kier molecular flexibility index (Phi) is 3.79. The highest BCUT2D eigenvalue weighted by Gasteiger charge is 2.38. The van der Waals surface area contributed by atoms with Gasteiger partial charge in [-0.15, -0.1) is 0 Å². The summed E-state index contributed by atoms with van der Waals surface area (Å²) in [6, 6.07) is 5.54. The number of fused-ring (bicyclic) bond motifs is 1. The van der Waals surface area contributed by atoms with E-state index < -0.39 is 35.4 Å². The monoisotopic (exact) mass is 343 g/mol. The lowest BCUT2D eigenvalue weighted by Crippen LogP contribution is -2.34. The van der Waals surface area contributed by atoms with Crippen LogP contribution in [0.25, 0.3) is 11.1 Å². The highest BCUT2D eigenvalue weighted by molar-refractivity contribution is 5.97. The largest absolute Gasteiger partial charge is 0.422 e. The fraction of sp³-hybridized carbons (Fsp3) is 0.188. The van der Waals surface area contributed by atoms with E-state index >= 15 is 0 Å². The van der Waals surface area contributed by atoms with Crippen molar-refractivity contribution < 1.29 is 31.9 Å². The zero-order valence-corrected chi connectivity index (χ0v) is 11.9. The third kappa shape index (κ3) is 2.84. The lowest BCUT2D eigenvalue weighted by atomic mass is 9.95. The number of aliphatic hydroxyl groups excluding tert-OH is 1. The summed E-state index contributed by atoms with van der Waals surface area (Å²) in [6.45, 7) is 0. The van der Waals surface area contributed by atoms with Crippen LogP contribution in [-0.2, 0) is 17.4 Å². The number of benzene rings is 2. The minimum atomic E-state index is -5.13. The molecule has 0 radical (unpaired) electrons. The van der Waals surface area contributed by atoms with E-state index in [2.05, 4.69) is 5.32 Å². The Morgan fingerprint density at radius 1 is 1.04 bits per heavy atom. The zero-order chi connectivity index (χ0) is 17.6. The Morgan fingerprint density at radius 3 is 2.25 bits per heavy atom. The first-order chi connectivity index (χ1) is 11.2. The van der Waals surface area contributed by atoms with Gasteiger partial charge in [0.15, 0.2) is 0 Å². The maximum absolute atomic E-state index is 13.7. The highest BCUT2D eigenvalue weighted by atomic mass is 19.4. The van der Waals surface area contributed by atoms with Gasteiger partial charge in [-0.2, -0.15) is 13.2 Å². The third-order valence-electron chi connectivity index (χ3n) is 3.74. The average Bonchev–Trinajstić information content (AvgIpc) is 2.45. The Labute approximate surface area is 132 Å². The molecular formula is C16H10F5NO2. The first kappa shape index (κ1) is 16.4. The predicted octanol–water partition coefficient (Wildman–Crippen LogP) is 3.51. The number of alkyl halides is 3. The van der Waals surface area contributed by atoms with E-state index in [0.717, 1.165) is 0 Å². The minimum absolute atomic E-state index is 0.000601. The number of halogens is 5. The molecule has 0 spiro atoms. The number of carbonyl (C=O) groups is 1. The van der Waals surface area contributed by atoms with E-state index in [1.807, 2.05) is 0 Å². The second-order valence-electron chi connectivity index (χ2n) is 5.39. The smallest absolute Gasteiger partial charge is 0.383 e. The van der Waals surface area contributed by atoms with Crippen molar-refractivity contribution in [2.45, 2.75) is 18.7 Å². The number of aliphatic hydroxyl groups is 1. The van der Waals surface area contributed by atoms with Gasteiger partial charge in [0, 0.05) is 12.1 Å². The number of anilines is 1. The Morgan fingerprint density at radius 2 is 1.67 bits per heavy atom. The molecular weight excluding hydrogens is 333 g/mol. The van der Waals surface area contributed by atoms with Crippen molar-refractivity contribution >= 4 is 11.6 Å². The van der Waals surface area contributed by atoms with Crippen LogP contribution >= 0.6 is 0 Å². The van der Waals surface area contributed by atoms with Gasteiger partial charge in [-0.05, 0) is 41.0 Å². The Hall–Kier alpha value is -2.48. The molecule has 1 atom stereocenters. The molecule has 3 nitrogen and oxygen atoms in total. The minimum Gasteiger partial charge on any atom is -0.383 e. The Bertz CT molecular complexity index is 809. The molecule has 2 aromatic rings. The topological polar surface area (TPSA) is 49.3 Å². The molecule has 1 unspecified atom stereocenters. The molecule has 1 aliphatic rings. The van der Waals surface area contributed by atoms with Gasteiger partial charge in [-0.1, -0.05) is 6.07 Å². The van der Waals surface area contributed by atoms with Crippen LogP contribution in [0.5, 0.6) is 0 Å². The molecule has 1 heterocycles. The summed E-state index contributed by atoms with van der Waals surface area (Å²) in [4.78, 5) is 11.4. The normalized spacial score (nSPS) is 17.4. The predicted molar refractivity (Wildman–Crippen MR) is 75.1 cm³/mol. The van der Waals surface area contributed by atoms with Crippen LogP contribution in [-0.4, -0.2) is 17.1 Å². The molecule has 2 aromatic carbocycles. The second kappa shape index (κ2) is 5.55. The number of rotatable bonds is 1. The summed E-state index contributed by atoms with van der Waals surface area (Å²) in [5.41, 5.74) is -0.801. The average molecular weight is 343 g/mol. The van der Waals surface area contributed by atoms with Gasteiger partial charge in [-0.25, -0.2) is 8.78 Å². The summed E-state index contributed by atoms with van der Waals surface area (Å²) in [7, 11) is 0. The van der Waals surface area contributed by atoms with Gasteiger partial charge in [0.2, 0.25) is 0 Å². The Balaban J connectivity index is 2.05. The number of amides is 1. The number of hydrogen-bond acceptors (Lipinski definition) is 2. The van der Waals surface area contributed by atoms with E-state index in [4.69, 9.17) is 0 Å². The van der Waals surface area contributed by atoms with Gasteiger partial charge in [0.05, 0.1) is 0 Å². The fourth-order valence-corrected chi connectivity index (χ4v) is 2.59. The van der Waals surface area contributed by atoms with Crippen molar-refractivity contribution in [1.82, 2.24) is 0 Å². The molecule has 126 valence electrons.